The largest absolute Gasteiger partial charge is 0.324 e. The molecule has 0 bridgehead atoms. The van der Waals surface area contributed by atoms with Gasteiger partial charge in [0.2, 0.25) is 5.91 Å². The number of likely N-dealkylation sites (N-methyl/N-ethyl adjacent to an activating group) is 1. The number of carbonyl (C=O) groups is 1. The highest BCUT2D eigenvalue weighted by Crippen LogP contribution is 2.30. The molecule has 0 fully saturated rings. The summed E-state index contributed by atoms with van der Waals surface area (Å²) in [5.41, 5.74) is 1.50. The third kappa shape index (κ3) is 4.12. The molecule has 0 saturated heterocycles. The van der Waals surface area contributed by atoms with Crippen molar-refractivity contribution in [1.29, 1.82) is 0 Å². The molecule has 1 heterocycles. The summed E-state index contributed by atoms with van der Waals surface area (Å²) in [6, 6.07) is 13.2. The topological polar surface area (TPSA) is 45.2 Å². The lowest BCUT2D eigenvalue weighted by Crippen LogP contribution is -2.32. The van der Waals surface area contributed by atoms with Crippen LogP contribution in [0.25, 0.3) is 10.2 Å². The smallest absolute Gasteiger partial charge is 0.238 e. The highest BCUT2D eigenvalue weighted by atomic mass is 35.5. The van der Waals surface area contributed by atoms with Gasteiger partial charge in [0.25, 0.3) is 0 Å². The highest BCUT2D eigenvalue weighted by Gasteiger charge is 2.19. The van der Waals surface area contributed by atoms with Gasteiger partial charge in [0.05, 0.1) is 38.5 Å². The molecule has 0 saturated carbocycles. The number of nitrogens with zero attached hydrogens (tertiary/aromatic N) is 2. The van der Waals surface area contributed by atoms with Gasteiger partial charge in [0, 0.05) is 0 Å². The number of benzene rings is 2. The first kappa shape index (κ1) is 18.1. The van der Waals surface area contributed by atoms with Crippen LogP contribution in [-0.4, -0.2) is 29.4 Å². The van der Waals surface area contributed by atoms with E-state index in [9.17, 15) is 4.79 Å². The first-order valence-corrected chi connectivity index (χ1v) is 9.32. The summed E-state index contributed by atoms with van der Waals surface area (Å²) >= 11 is 13.7. The number of anilines is 1. The van der Waals surface area contributed by atoms with E-state index in [1.165, 1.54) is 0 Å². The summed E-state index contributed by atoms with van der Waals surface area (Å²) in [4.78, 5) is 18.9. The number of hydrogen-bond acceptors (Lipinski definition) is 4. The fourth-order valence-corrected chi connectivity index (χ4v) is 3.84. The average molecular weight is 394 g/mol. The van der Waals surface area contributed by atoms with Crippen molar-refractivity contribution >= 4 is 56.3 Å². The monoisotopic (exact) mass is 393 g/mol. The highest BCUT2D eigenvalue weighted by molar-refractivity contribution is 7.18. The Morgan fingerprint density at radius 2 is 2.00 bits per heavy atom. The molecule has 0 aliphatic carbocycles. The van der Waals surface area contributed by atoms with Gasteiger partial charge in [-0.1, -0.05) is 41.4 Å². The van der Waals surface area contributed by atoms with E-state index in [1.54, 1.807) is 29.5 Å². The molecule has 1 amide bonds. The minimum Gasteiger partial charge on any atom is -0.324 e. The zero-order valence-corrected chi connectivity index (χ0v) is 16.1. The van der Waals surface area contributed by atoms with Crippen molar-refractivity contribution in [3.8, 4) is 0 Å². The zero-order valence-electron chi connectivity index (χ0n) is 13.8. The second-order valence-electron chi connectivity index (χ2n) is 5.76. The number of nitrogens with one attached hydrogen (secondary N) is 1. The minimum atomic E-state index is -0.153. The second-order valence-corrected chi connectivity index (χ2v) is 7.61. The van der Waals surface area contributed by atoms with Crippen LogP contribution in [0.5, 0.6) is 0 Å². The quantitative estimate of drug-likeness (QED) is 0.644. The van der Waals surface area contributed by atoms with E-state index in [2.05, 4.69) is 16.4 Å². The molecule has 130 valence electrons. The fourth-order valence-electron chi connectivity index (χ4n) is 2.41. The van der Waals surface area contributed by atoms with Crippen molar-refractivity contribution in [2.24, 2.45) is 0 Å². The summed E-state index contributed by atoms with van der Waals surface area (Å²) in [7, 11) is 1.90. The Hall–Kier alpha value is -1.66. The van der Waals surface area contributed by atoms with Crippen LogP contribution >= 0.6 is 34.5 Å². The number of rotatable bonds is 5. The van der Waals surface area contributed by atoms with Crippen LogP contribution in [-0.2, 0) is 4.79 Å². The molecule has 0 radical (unpaired) electrons. The van der Waals surface area contributed by atoms with E-state index in [-0.39, 0.29) is 18.5 Å². The zero-order chi connectivity index (χ0) is 18.0. The normalized spacial score (nSPS) is 12.5. The maximum Gasteiger partial charge on any atom is 0.238 e. The number of thiazole rings is 1. The van der Waals surface area contributed by atoms with Gasteiger partial charge >= 0.3 is 0 Å². The van der Waals surface area contributed by atoms with Crippen LogP contribution in [0.4, 0.5) is 5.69 Å². The van der Waals surface area contributed by atoms with E-state index < -0.39 is 0 Å². The Morgan fingerprint density at radius 3 is 2.76 bits per heavy atom. The Kier molecular flexibility index (Phi) is 5.59. The number of amides is 1. The third-order valence-electron chi connectivity index (χ3n) is 3.95. The number of para-hydroxylation sites is 1. The van der Waals surface area contributed by atoms with Crippen LogP contribution in [0, 0.1) is 0 Å². The SMILES string of the molecule is CC(c1nc2ccccc2s1)N(C)CC(=O)Nc1cccc(Cl)c1Cl. The van der Waals surface area contributed by atoms with Crippen LogP contribution in [0.2, 0.25) is 10.0 Å². The summed E-state index contributed by atoms with van der Waals surface area (Å²) in [5.74, 6) is -0.153. The van der Waals surface area contributed by atoms with E-state index in [1.807, 2.05) is 37.1 Å². The molecule has 2 aromatic carbocycles. The lowest BCUT2D eigenvalue weighted by molar-refractivity contribution is -0.117. The number of fused-ring (bicyclic) bond motifs is 1. The van der Waals surface area contributed by atoms with Gasteiger partial charge in [-0.05, 0) is 38.2 Å². The average Bonchev–Trinajstić information content (AvgIpc) is 3.02. The Balaban J connectivity index is 1.67. The summed E-state index contributed by atoms with van der Waals surface area (Å²) in [6.07, 6.45) is 0. The van der Waals surface area contributed by atoms with E-state index in [0.29, 0.717) is 15.7 Å². The van der Waals surface area contributed by atoms with Crippen LogP contribution in [0.15, 0.2) is 42.5 Å². The van der Waals surface area contributed by atoms with Gasteiger partial charge in [0.1, 0.15) is 5.01 Å². The van der Waals surface area contributed by atoms with E-state index in [0.717, 1.165) is 15.2 Å². The predicted molar refractivity (Wildman–Crippen MR) is 106 cm³/mol. The molecule has 0 aliphatic rings. The standard InChI is InChI=1S/C18H17Cl2N3OS/c1-11(18-22-13-7-3-4-9-15(13)25-18)23(2)10-16(24)21-14-8-5-6-12(19)17(14)20/h3-9,11H,10H2,1-2H3,(H,21,24). The van der Waals surface area contributed by atoms with Gasteiger partial charge in [-0.15, -0.1) is 11.3 Å². The first-order valence-electron chi connectivity index (χ1n) is 7.75. The molecule has 7 heteroatoms. The summed E-state index contributed by atoms with van der Waals surface area (Å²) in [6.45, 7) is 2.26. The minimum absolute atomic E-state index is 0.0259. The molecule has 25 heavy (non-hydrogen) atoms. The van der Waals surface area contributed by atoms with Crippen molar-refractivity contribution in [1.82, 2.24) is 9.88 Å². The summed E-state index contributed by atoms with van der Waals surface area (Å²) in [5, 5.41) is 4.54. The van der Waals surface area contributed by atoms with Crippen molar-refractivity contribution in [2.75, 3.05) is 18.9 Å². The molecule has 3 rings (SSSR count). The van der Waals surface area contributed by atoms with Crippen molar-refractivity contribution in [3.05, 3.63) is 57.5 Å². The van der Waals surface area contributed by atoms with Gasteiger partial charge < -0.3 is 5.32 Å². The van der Waals surface area contributed by atoms with E-state index in [4.69, 9.17) is 23.2 Å². The Bertz CT molecular complexity index is 879. The number of hydrogen-bond donors (Lipinski definition) is 1. The second kappa shape index (κ2) is 7.70. The molecule has 1 N–H and O–H groups in total. The molecule has 1 unspecified atom stereocenters. The molecule has 1 aromatic heterocycles. The van der Waals surface area contributed by atoms with Crippen molar-refractivity contribution < 1.29 is 4.79 Å². The van der Waals surface area contributed by atoms with Gasteiger partial charge in [-0.25, -0.2) is 4.98 Å². The molecule has 4 nitrogen and oxygen atoms in total. The molecule has 0 aliphatic heterocycles. The summed E-state index contributed by atoms with van der Waals surface area (Å²) < 4.78 is 1.15. The molecule has 3 aromatic rings. The van der Waals surface area contributed by atoms with Gasteiger partial charge in [-0.2, -0.15) is 0 Å². The van der Waals surface area contributed by atoms with Crippen LogP contribution in [0.3, 0.4) is 0 Å². The molecular formula is C18H17Cl2N3OS. The van der Waals surface area contributed by atoms with E-state index >= 15 is 0 Å². The van der Waals surface area contributed by atoms with Crippen LogP contribution in [0.1, 0.15) is 18.0 Å². The predicted octanol–water partition coefficient (Wildman–Crippen LogP) is 5.23. The maximum absolute atomic E-state index is 12.3. The maximum atomic E-state index is 12.3. The van der Waals surface area contributed by atoms with Crippen LogP contribution < -0.4 is 5.32 Å². The van der Waals surface area contributed by atoms with Crippen molar-refractivity contribution in [2.45, 2.75) is 13.0 Å². The lowest BCUT2D eigenvalue weighted by Gasteiger charge is -2.22. The molecule has 0 spiro atoms. The fraction of sp³-hybridized carbons (Fsp3) is 0.222. The Morgan fingerprint density at radius 1 is 1.24 bits per heavy atom. The number of halogens is 2. The van der Waals surface area contributed by atoms with Crippen molar-refractivity contribution in [3.63, 3.8) is 0 Å². The first-order chi connectivity index (χ1) is 12.0. The Labute approximate surface area is 160 Å². The third-order valence-corrected chi connectivity index (χ3v) is 5.97. The number of aromatic nitrogens is 1. The molecular weight excluding hydrogens is 377 g/mol. The number of carbonyl (C=O) groups excluding carboxylic acids is 1. The van der Waals surface area contributed by atoms with Gasteiger partial charge in [0.15, 0.2) is 0 Å². The lowest BCUT2D eigenvalue weighted by atomic mass is 10.3. The van der Waals surface area contributed by atoms with Gasteiger partial charge in [-0.3, -0.25) is 9.69 Å². The molecule has 1 atom stereocenters.